The molecule has 1 atom stereocenters. The molecule has 1 aliphatic carbocycles. The molecule has 0 spiro atoms. The lowest BCUT2D eigenvalue weighted by Gasteiger charge is -2.32. The maximum absolute atomic E-state index is 13.5. The zero-order chi connectivity index (χ0) is 22.6. The van der Waals surface area contributed by atoms with E-state index in [-0.39, 0.29) is 41.5 Å². The number of aryl methyl sites for hydroxylation is 2. The second-order valence-corrected chi connectivity index (χ2v) is 10.6. The van der Waals surface area contributed by atoms with Crippen molar-refractivity contribution in [2.24, 2.45) is 5.92 Å². The van der Waals surface area contributed by atoms with Crippen molar-refractivity contribution in [2.75, 3.05) is 19.7 Å². The van der Waals surface area contributed by atoms with Gasteiger partial charge in [-0.3, -0.25) is 4.79 Å². The number of amides is 1. The van der Waals surface area contributed by atoms with E-state index in [0.29, 0.717) is 30.8 Å². The number of sulfonamides is 1. The fraction of sp³-hybridized carbons (Fsp3) is 0.727. The van der Waals surface area contributed by atoms with Gasteiger partial charge >= 0.3 is 5.97 Å². The number of nitrogens with one attached hydrogen (secondary N) is 2. The smallest absolute Gasteiger partial charge is 0.341 e. The quantitative estimate of drug-likeness (QED) is 0.508. The fourth-order valence-corrected chi connectivity index (χ4v) is 6.71. The van der Waals surface area contributed by atoms with Crippen LogP contribution in [-0.2, 0) is 19.6 Å². The molecule has 3 rings (SSSR count). The van der Waals surface area contributed by atoms with Crippen LogP contribution < -0.4 is 5.32 Å². The highest BCUT2D eigenvalue weighted by Gasteiger charge is 2.38. The lowest BCUT2D eigenvalue weighted by Crippen LogP contribution is -2.47. The van der Waals surface area contributed by atoms with Crippen molar-refractivity contribution in [3.8, 4) is 0 Å². The summed E-state index contributed by atoms with van der Waals surface area (Å²) in [6.07, 6.45) is 7.92. The van der Waals surface area contributed by atoms with Gasteiger partial charge in [-0.05, 0) is 46.5 Å². The Morgan fingerprint density at radius 3 is 2.39 bits per heavy atom. The van der Waals surface area contributed by atoms with Gasteiger partial charge in [0.05, 0.1) is 12.5 Å². The number of esters is 1. The highest BCUT2D eigenvalue weighted by molar-refractivity contribution is 7.89. The molecule has 0 bridgehead atoms. The van der Waals surface area contributed by atoms with Gasteiger partial charge < -0.3 is 15.0 Å². The van der Waals surface area contributed by atoms with E-state index in [1.54, 1.807) is 20.8 Å². The van der Waals surface area contributed by atoms with Crippen molar-refractivity contribution in [1.82, 2.24) is 14.6 Å². The highest BCUT2D eigenvalue weighted by Crippen LogP contribution is 2.31. The first-order valence-corrected chi connectivity index (χ1v) is 12.9. The van der Waals surface area contributed by atoms with Crippen molar-refractivity contribution >= 4 is 21.9 Å². The standard InChI is InChI=1S/C22H35N3O5S/c1-4-30-22(27)19-15(2)23-16(3)20(19)31(28,29)25-13-9-10-17(14-25)21(26)24-18-11-7-5-6-8-12-18/h17-18,23H,4-14H2,1-3H3,(H,24,26). The summed E-state index contributed by atoms with van der Waals surface area (Å²) in [6, 6.07) is 0.187. The molecule has 1 aromatic heterocycles. The molecule has 1 saturated heterocycles. The van der Waals surface area contributed by atoms with E-state index in [9.17, 15) is 18.0 Å². The van der Waals surface area contributed by atoms with Crippen LogP contribution in [-0.4, -0.2) is 55.3 Å². The Bertz CT molecular complexity index is 900. The van der Waals surface area contributed by atoms with E-state index in [4.69, 9.17) is 4.74 Å². The summed E-state index contributed by atoms with van der Waals surface area (Å²) in [7, 11) is -3.95. The molecule has 31 heavy (non-hydrogen) atoms. The van der Waals surface area contributed by atoms with E-state index in [1.807, 2.05) is 0 Å². The number of H-pyrrole nitrogens is 1. The van der Waals surface area contributed by atoms with Gasteiger partial charge in [0, 0.05) is 30.5 Å². The second kappa shape index (κ2) is 10.2. The average molecular weight is 454 g/mol. The Labute approximate surface area is 185 Å². The molecule has 2 fully saturated rings. The minimum absolute atomic E-state index is 0.0340. The third-order valence-corrected chi connectivity index (χ3v) is 8.39. The van der Waals surface area contributed by atoms with Crippen molar-refractivity contribution in [1.29, 1.82) is 0 Å². The summed E-state index contributed by atoms with van der Waals surface area (Å²) in [5.74, 6) is -1.08. The Kier molecular flexibility index (Phi) is 7.80. The Morgan fingerprint density at radius 2 is 1.74 bits per heavy atom. The molecule has 0 radical (unpaired) electrons. The number of carbonyl (C=O) groups excluding carboxylic acids is 2. The molecule has 1 aromatic rings. The summed E-state index contributed by atoms with van der Waals surface area (Å²) in [5.41, 5.74) is 0.934. The van der Waals surface area contributed by atoms with Crippen LogP contribution in [0.4, 0.5) is 0 Å². The van der Waals surface area contributed by atoms with Crippen LogP contribution in [0, 0.1) is 19.8 Å². The molecule has 174 valence electrons. The first kappa shape index (κ1) is 23.8. The van der Waals surface area contributed by atoms with Gasteiger partial charge in [0.15, 0.2) is 0 Å². The third-order valence-electron chi connectivity index (χ3n) is 6.35. The number of ether oxygens (including phenoxy) is 1. The molecule has 9 heteroatoms. The van der Waals surface area contributed by atoms with Crippen LogP contribution in [0.25, 0.3) is 0 Å². The number of piperidine rings is 1. The number of aromatic nitrogens is 1. The largest absolute Gasteiger partial charge is 0.462 e. The zero-order valence-electron chi connectivity index (χ0n) is 18.8. The van der Waals surface area contributed by atoms with Crippen LogP contribution in [0.5, 0.6) is 0 Å². The van der Waals surface area contributed by atoms with Gasteiger partial charge in [-0.15, -0.1) is 0 Å². The molecule has 2 aliphatic rings. The van der Waals surface area contributed by atoms with E-state index in [2.05, 4.69) is 10.3 Å². The summed E-state index contributed by atoms with van der Waals surface area (Å²) in [4.78, 5) is 28.3. The van der Waals surface area contributed by atoms with Gasteiger partial charge in [-0.25, -0.2) is 13.2 Å². The highest BCUT2D eigenvalue weighted by atomic mass is 32.2. The number of hydrogen-bond acceptors (Lipinski definition) is 5. The maximum Gasteiger partial charge on any atom is 0.341 e. The predicted octanol–water partition coefficient (Wildman–Crippen LogP) is 3.05. The van der Waals surface area contributed by atoms with Crippen LogP contribution in [0.15, 0.2) is 4.90 Å². The Morgan fingerprint density at radius 1 is 1.06 bits per heavy atom. The van der Waals surface area contributed by atoms with Crippen molar-refractivity contribution in [2.45, 2.75) is 83.1 Å². The van der Waals surface area contributed by atoms with Gasteiger partial charge in [-0.1, -0.05) is 25.7 Å². The topological polar surface area (TPSA) is 109 Å². The molecular weight excluding hydrogens is 418 g/mol. The lowest BCUT2D eigenvalue weighted by atomic mass is 9.97. The van der Waals surface area contributed by atoms with Gasteiger partial charge in [0.2, 0.25) is 15.9 Å². The number of rotatable bonds is 6. The molecule has 8 nitrogen and oxygen atoms in total. The van der Waals surface area contributed by atoms with E-state index < -0.39 is 16.0 Å². The monoisotopic (exact) mass is 453 g/mol. The summed E-state index contributed by atoms with van der Waals surface area (Å²) in [5, 5.41) is 3.16. The van der Waals surface area contributed by atoms with Crippen molar-refractivity contribution < 1.29 is 22.7 Å². The van der Waals surface area contributed by atoms with Gasteiger partial charge in [-0.2, -0.15) is 4.31 Å². The SMILES string of the molecule is CCOC(=O)c1c(C)[nH]c(C)c1S(=O)(=O)N1CCCC(C(=O)NC2CCCCCC2)C1. The lowest BCUT2D eigenvalue weighted by molar-refractivity contribution is -0.126. The van der Waals surface area contributed by atoms with Crippen LogP contribution >= 0.6 is 0 Å². The molecule has 2 heterocycles. The van der Waals surface area contributed by atoms with Gasteiger partial charge in [0.25, 0.3) is 0 Å². The minimum Gasteiger partial charge on any atom is -0.462 e. The molecule has 1 amide bonds. The fourth-order valence-electron chi connectivity index (χ4n) is 4.78. The Hall–Kier alpha value is -1.87. The van der Waals surface area contributed by atoms with Crippen molar-refractivity contribution in [3.63, 3.8) is 0 Å². The first-order chi connectivity index (χ1) is 14.8. The van der Waals surface area contributed by atoms with Crippen LogP contribution in [0.3, 0.4) is 0 Å². The predicted molar refractivity (Wildman–Crippen MR) is 117 cm³/mol. The zero-order valence-corrected chi connectivity index (χ0v) is 19.6. The average Bonchev–Trinajstić information content (AvgIpc) is 2.88. The molecule has 1 unspecified atom stereocenters. The van der Waals surface area contributed by atoms with Crippen LogP contribution in [0.1, 0.15) is 80.0 Å². The maximum atomic E-state index is 13.5. The molecule has 1 aliphatic heterocycles. The molecule has 1 saturated carbocycles. The number of hydrogen-bond donors (Lipinski definition) is 2. The molecule has 0 aromatic carbocycles. The summed E-state index contributed by atoms with van der Waals surface area (Å²) >= 11 is 0. The minimum atomic E-state index is -3.95. The first-order valence-electron chi connectivity index (χ1n) is 11.4. The van der Waals surface area contributed by atoms with E-state index >= 15 is 0 Å². The number of aromatic amines is 1. The normalized spacial score (nSPS) is 21.5. The molecule has 2 N–H and O–H groups in total. The van der Waals surface area contributed by atoms with Crippen LogP contribution in [0.2, 0.25) is 0 Å². The van der Waals surface area contributed by atoms with Crippen molar-refractivity contribution in [3.05, 3.63) is 17.0 Å². The summed E-state index contributed by atoms with van der Waals surface area (Å²) < 4.78 is 33.5. The second-order valence-electron chi connectivity index (χ2n) is 8.70. The number of nitrogens with zero attached hydrogens (tertiary/aromatic N) is 1. The van der Waals surface area contributed by atoms with E-state index in [1.165, 1.54) is 17.1 Å². The molecular formula is C22H35N3O5S. The number of carbonyl (C=O) groups is 2. The Balaban J connectivity index is 1.78. The van der Waals surface area contributed by atoms with E-state index in [0.717, 1.165) is 25.7 Å². The summed E-state index contributed by atoms with van der Waals surface area (Å²) in [6.45, 7) is 5.62. The third kappa shape index (κ3) is 5.31. The van der Waals surface area contributed by atoms with Gasteiger partial charge in [0.1, 0.15) is 10.5 Å².